The van der Waals surface area contributed by atoms with Crippen molar-refractivity contribution in [2.24, 2.45) is 0 Å². The molecule has 0 saturated heterocycles. The van der Waals surface area contributed by atoms with E-state index < -0.39 is 5.91 Å². The fraction of sp³-hybridized carbons (Fsp3) is 0.192. The van der Waals surface area contributed by atoms with Gasteiger partial charge in [-0.1, -0.05) is 6.07 Å². The fourth-order valence-electron chi connectivity index (χ4n) is 4.02. The second-order valence-electron chi connectivity index (χ2n) is 8.67. The van der Waals surface area contributed by atoms with Gasteiger partial charge in [0.2, 0.25) is 0 Å². The number of ketones is 1. The molecule has 0 fully saturated rings. The first-order valence-corrected chi connectivity index (χ1v) is 11.3. The van der Waals surface area contributed by atoms with Crippen LogP contribution in [0.4, 0.5) is 11.4 Å². The number of carbonyl (C=O) groups is 3. The number of amides is 2. The molecule has 2 aromatic carbocycles. The number of H-pyrrole nitrogens is 1. The minimum atomic E-state index is -0.397. The van der Waals surface area contributed by atoms with Gasteiger partial charge in [-0.25, -0.2) is 9.97 Å². The van der Waals surface area contributed by atoms with Crippen molar-refractivity contribution in [1.29, 1.82) is 0 Å². The lowest BCUT2D eigenvalue weighted by atomic mass is 10.0. The quantitative estimate of drug-likeness (QED) is 0.384. The molecule has 182 valence electrons. The third kappa shape index (κ3) is 4.61. The number of Topliss-reactive ketones (excluding diaryl/α,β-unsaturated/α-hetero) is 1. The van der Waals surface area contributed by atoms with Crippen LogP contribution in [-0.2, 0) is 17.8 Å². The average molecular weight is 485 g/mol. The summed E-state index contributed by atoms with van der Waals surface area (Å²) in [5.41, 5.74) is 4.58. The Bertz CT molecular complexity index is 1480. The van der Waals surface area contributed by atoms with Gasteiger partial charge in [-0.2, -0.15) is 0 Å². The van der Waals surface area contributed by atoms with E-state index >= 15 is 0 Å². The molecular formula is C26H24N6O4. The van der Waals surface area contributed by atoms with Crippen LogP contribution in [0, 0.1) is 0 Å². The summed E-state index contributed by atoms with van der Waals surface area (Å²) in [6.45, 7) is 0.340. The van der Waals surface area contributed by atoms with Gasteiger partial charge in [0.1, 0.15) is 24.2 Å². The third-order valence-electron chi connectivity index (χ3n) is 5.93. The van der Waals surface area contributed by atoms with Crippen molar-refractivity contribution in [1.82, 2.24) is 20.3 Å². The van der Waals surface area contributed by atoms with E-state index in [1.165, 1.54) is 6.33 Å². The third-order valence-corrected chi connectivity index (χ3v) is 5.93. The maximum Gasteiger partial charge on any atom is 0.272 e. The summed E-state index contributed by atoms with van der Waals surface area (Å²) in [6.07, 6.45) is 3.19. The first-order chi connectivity index (χ1) is 17.4. The summed E-state index contributed by atoms with van der Waals surface area (Å²) < 4.78 is 5.42. The molecule has 0 radical (unpaired) electrons. The Morgan fingerprint density at radius 1 is 1.08 bits per heavy atom. The maximum atomic E-state index is 12.9. The zero-order valence-corrected chi connectivity index (χ0v) is 19.8. The highest BCUT2D eigenvalue weighted by molar-refractivity contribution is 6.11. The first kappa shape index (κ1) is 23.0. The number of nitrogens with zero attached hydrogens (tertiary/aromatic N) is 3. The van der Waals surface area contributed by atoms with E-state index in [4.69, 9.17) is 4.74 Å². The van der Waals surface area contributed by atoms with Crippen molar-refractivity contribution in [3.63, 3.8) is 0 Å². The summed E-state index contributed by atoms with van der Waals surface area (Å²) in [6, 6.07) is 12.7. The summed E-state index contributed by atoms with van der Waals surface area (Å²) in [5, 5.41) is 5.69. The van der Waals surface area contributed by atoms with Crippen molar-refractivity contribution < 1.29 is 19.1 Å². The molecule has 10 heteroatoms. The van der Waals surface area contributed by atoms with Crippen LogP contribution in [0.5, 0.6) is 5.75 Å². The van der Waals surface area contributed by atoms with E-state index in [2.05, 4.69) is 25.6 Å². The van der Waals surface area contributed by atoms with Crippen LogP contribution < -0.4 is 20.3 Å². The normalized spacial score (nSPS) is 12.6. The van der Waals surface area contributed by atoms with Crippen LogP contribution >= 0.6 is 0 Å². The van der Waals surface area contributed by atoms with Gasteiger partial charge >= 0.3 is 0 Å². The number of ether oxygens (including phenoxy) is 1. The molecule has 3 heterocycles. The Balaban J connectivity index is 1.29. The van der Waals surface area contributed by atoms with Crippen molar-refractivity contribution in [2.75, 3.05) is 30.9 Å². The van der Waals surface area contributed by atoms with Crippen LogP contribution in [0.3, 0.4) is 0 Å². The van der Waals surface area contributed by atoms with Gasteiger partial charge in [0.25, 0.3) is 11.8 Å². The molecule has 2 amide bonds. The lowest BCUT2D eigenvalue weighted by Crippen LogP contribution is -2.25. The SMILES string of the molecule is CN(C)c1ccc(C(=O)Nc2c[nH]c3c(C(=O)NCc4ccc5c(c4)CC(=O)CO5)ncnc23)cc1. The Hall–Kier alpha value is -4.73. The van der Waals surface area contributed by atoms with Gasteiger partial charge in [0, 0.05) is 50.1 Å². The highest BCUT2D eigenvalue weighted by Crippen LogP contribution is 2.25. The van der Waals surface area contributed by atoms with Crippen LogP contribution in [-0.4, -0.2) is 53.3 Å². The van der Waals surface area contributed by atoms with Gasteiger partial charge in [0.05, 0.1) is 11.2 Å². The maximum absolute atomic E-state index is 12.9. The summed E-state index contributed by atoms with van der Waals surface area (Å²) in [4.78, 5) is 50.7. The molecule has 0 atom stereocenters. The van der Waals surface area contributed by atoms with E-state index in [0.29, 0.717) is 34.5 Å². The Labute approximate surface area is 206 Å². The molecule has 1 aliphatic rings. The molecular weight excluding hydrogens is 460 g/mol. The van der Waals surface area contributed by atoms with Gasteiger partial charge in [0.15, 0.2) is 11.5 Å². The first-order valence-electron chi connectivity index (χ1n) is 11.3. The zero-order valence-electron chi connectivity index (χ0n) is 19.8. The van der Waals surface area contributed by atoms with E-state index in [9.17, 15) is 14.4 Å². The number of nitrogens with one attached hydrogen (secondary N) is 3. The van der Waals surface area contributed by atoms with Crippen molar-refractivity contribution in [3.8, 4) is 5.75 Å². The van der Waals surface area contributed by atoms with Crippen LogP contribution in [0.2, 0.25) is 0 Å². The van der Waals surface area contributed by atoms with Gasteiger partial charge in [-0.3, -0.25) is 14.4 Å². The number of carbonyl (C=O) groups excluding carboxylic acids is 3. The lowest BCUT2D eigenvalue weighted by molar-refractivity contribution is -0.121. The number of aromatic nitrogens is 3. The van der Waals surface area contributed by atoms with Gasteiger partial charge < -0.3 is 25.3 Å². The fourth-order valence-corrected chi connectivity index (χ4v) is 4.02. The summed E-state index contributed by atoms with van der Waals surface area (Å²) in [7, 11) is 3.86. The average Bonchev–Trinajstić information content (AvgIpc) is 3.29. The minimum absolute atomic E-state index is 0.0206. The topological polar surface area (TPSA) is 129 Å². The number of hydrogen-bond donors (Lipinski definition) is 3. The highest BCUT2D eigenvalue weighted by Gasteiger charge is 2.19. The van der Waals surface area contributed by atoms with Crippen molar-refractivity contribution in [3.05, 3.63) is 77.4 Å². The molecule has 0 bridgehead atoms. The zero-order chi connectivity index (χ0) is 25.2. The minimum Gasteiger partial charge on any atom is -0.486 e. The van der Waals surface area contributed by atoms with Crippen LogP contribution in [0.25, 0.3) is 11.0 Å². The van der Waals surface area contributed by atoms with Crippen LogP contribution in [0.1, 0.15) is 32.0 Å². The van der Waals surface area contributed by atoms with E-state index in [-0.39, 0.29) is 30.5 Å². The number of fused-ring (bicyclic) bond motifs is 2. The second-order valence-corrected chi connectivity index (χ2v) is 8.67. The second kappa shape index (κ2) is 9.49. The molecule has 0 spiro atoms. The largest absolute Gasteiger partial charge is 0.486 e. The van der Waals surface area contributed by atoms with Crippen molar-refractivity contribution in [2.45, 2.75) is 13.0 Å². The standard InChI is InChI=1S/C26H24N6O4/c1-32(2)18-6-4-16(5-7-18)25(34)31-20-12-27-23-22(20)29-14-30-24(23)26(35)28-11-15-3-8-21-17(9-15)10-19(33)13-36-21/h3-9,12,14,27H,10-11,13H2,1-2H3,(H,28,35)(H,31,34). The lowest BCUT2D eigenvalue weighted by Gasteiger charge is -2.17. The highest BCUT2D eigenvalue weighted by atomic mass is 16.5. The molecule has 5 rings (SSSR count). The number of rotatable bonds is 6. The Morgan fingerprint density at radius 3 is 2.67 bits per heavy atom. The molecule has 0 unspecified atom stereocenters. The van der Waals surface area contributed by atoms with E-state index in [1.807, 2.05) is 43.3 Å². The van der Waals surface area contributed by atoms with E-state index in [0.717, 1.165) is 16.8 Å². The van der Waals surface area contributed by atoms with Gasteiger partial charge in [-0.05, 0) is 42.0 Å². The molecule has 4 aromatic rings. The predicted octanol–water partition coefficient (Wildman–Crippen LogP) is 2.71. The molecule has 10 nitrogen and oxygen atoms in total. The predicted molar refractivity (Wildman–Crippen MR) is 134 cm³/mol. The molecule has 0 saturated carbocycles. The Kier molecular flexibility index (Phi) is 6.07. The summed E-state index contributed by atoms with van der Waals surface area (Å²) >= 11 is 0. The monoisotopic (exact) mass is 484 g/mol. The van der Waals surface area contributed by atoms with Crippen LogP contribution in [0.15, 0.2) is 55.0 Å². The number of hydrogen-bond acceptors (Lipinski definition) is 7. The molecule has 36 heavy (non-hydrogen) atoms. The molecule has 3 N–H and O–H groups in total. The number of benzene rings is 2. The summed E-state index contributed by atoms with van der Waals surface area (Å²) in [5.74, 6) is 0.0243. The molecule has 0 aliphatic carbocycles. The number of anilines is 2. The van der Waals surface area contributed by atoms with Gasteiger partial charge in [-0.15, -0.1) is 0 Å². The smallest absolute Gasteiger partial charge is 0.272 e. The number of aromatic amines is 1. The molecule has 2 aromatic heterocycles. The van der Waals surface area contributed by atoms with E-state index in [1.54, 1.807) is 24.4 Å². The Morgan fingerprint density at radius 2 is 1.89 bits per heavy atom. The van der Waals surface area contributed by atoms with Crippen molar-refractivity contribution >= 4 is 40.0 Å². The molecule has 1 aliphatic heterocycles.